The van der Waals surface area contributed by atoms with Crippen LogP contribution in [0.3, 0.4) is 0 Å². The molecule has 2 unspecified atom stereocenters. The number of benzene rings is 3. The van der Waals surface area contributed by atoms with Gasteiger partial charge in [0.1, 0.15) is 0 Å². The fourth-order valence-electron chi connectivity index (χ4n) is 4.53. The average molecular weight is 589 g/mol. The highest BCUT2D eigenvalue weighted by Crippen LogP contribution is 2.25. The summed E-state index contributed by atoms with van der Waals surface area (Å²) in [6, 6.07) is 31.0. The third-order valence-electron chi connectivity index (χ3n) is 6.15. The molecule has 3 rings (SSSR count). The van der Waals surface area contributed by atoms with E-state index in [2.05, 4.69) is 73.8 Å². The minimum Gasteiger partial charge on any atom is -0.425 e. The zero-order valence-electron chi connectivity index (χ0n) is 23.1. The first-order valence-corrected chi connectivity index (χ1v) is 25.1. The lowest BCUT2D eigenvalue weighted by Crippen LogP contribution is -2.70. The van der Waals surface area contributed by atoms with Gasteiger partial charge < -0.3 is 25.7 Å². The van der Waals surface area contributed by atoms with Gasteiger partial charge in [-0.15, -0.1) is 0 Å². The molecular formula is C26H40O6Si5. The molecule has 0 aliphatic heterocycles. The lowest BCUT2D eigenvalue weighted by atomic mass is 10.4. The highest BCUT2D eigenvalue weighted by atomic mass is 28.5. The van der Waals surface area contributed by atoms with Gasteiger partial charge in [0.15, 0.2) is 0 Å². The second kappa shape index (κ2) is 11.7. The molecule has 0 fully saturated rings. The molecule has 0 aliphatic rings. The molecule has 2 atom stereocenters. The molecule has 0 radical (unpaired) electrons. The molecule has 37 heavy (non-hydrogen) atoms. The topological polar surface area (TPSA) is 66.4 Å². The van der Waals surface area contributed by atoms with Crippen LogP contribution in [0.25, 0.3) is 0 Å². The largest absolute Gasteiger partial charge is 0.477 e. The molecule has 0 bridgehead atoms. The monoisotopic (exact) mass is 588 g/mol. The van der Waals surface area contributed by atoms with Crippen molar-refractivity contribution in [3.63, 3.8) is 0 Å². The zero-order chi connectivity index (χ0) is 27.4. The Hall–Kier alpha value is -1.50. The fourth-order valence-corrected chi connectivity index (χ4v) is 25.3. The van der Waals surface area contributed by atoms with Crippen LogP contribution in [0, 0.1) is 0 Å². The summed E-state index contributed by atoms with van der Waals surface area (Å²) >= 11 is 0. The van der Waals surface area contributed by atoms with Gasteiger partial charge in [0.05, 0.1) is 0 Å². The number of hydrogen-bond donors (Lipinski definition) is 1. The van der Waals surface area contributed by atoms with Gasteiger partial charge in [0.2, 0.25) is 8.32 Å². The number of rotatable bonds is 12. The van der Waals surface area contributed by atoms with Crippen molar-refractivity contribution >= 4 is 58.4 Å². The first-order chi connectivity index (χ1) is 17.2. The highest BCUT2D eigenvalue weighted by molar-refractivity contribution is 7.04. The van der Waals surface area contributed by atoms with Gasteiger partial charge >= 0.3 is 34.5 Å². The van der Waals surface area contributed by atoms with Crippen molar-refractivity contribution in [3.8, 4) is 0 Å². The van der Waals surface area contributed by atoms with Gasteiger partial charge in [-0.1, -0.05) is 91.0 Å². The van der Waals surface area contributed by atoms with Crippen molar-refractivity contribution < 1.29 is 25.7 Å². The van der Waals surface area contributed by atoms with E-state index >= 15 is 0 Å². The zero-order valence-corrected chi connectivity index (χ0v) is 28.1. The predicted octanol–water partition coefficient (Wildman–Crippen LogP) is 4.03. The minimum atomic E-state index is -3.53. The Bertz CT molecular complexity index is 1090. The van der Waals surface area contributed by atoms with Crippen molar-refractivity contribution in [2.75, 3.05) is 7.11 Å². The Labute approximate surface area is 227 Å². The third kappa shape index (κ3) is 8.00. The van der Waals surface area contributed by atoms with E-state index in [1.807, 2.05) is 56.5 Å². The van der Waals surface area contributed by atoms with E-state index < -0.39 is 42.8 Å². The van der Waals surface area contributed by atoms with Crippen LogP contribution in [0.1, 0.15) is 0 Å². The van der Waals surface area contributed by atoms with Crippen molar-refractivity contribution in [3.05, 3.63) is 91.0 Å². The van der Waals surface area contributed by atoms with Crippen LogP contribution >= 0.6 is 0 Å². The first-order valence-electron chi connectivity index (χ1n) is 12.5. The minimum absolute atomic E-state index is 1.01. The quantitative estimate of drug-likeness (QED) is 0.322. The smallest absolute Gasteiger partial charge is 0.425 e. The van der Waals surface area contributed by atoms with Crippen LogP contribution in [-0.2, 0) is 20.9 Å². The van der Waals surface area contributed by atoms with Crippen molar-refractivity contribution in [1.29, 1.82) is 0 Å². The molecule has 0 amide bonds. The van der Waals surface area contributed by atoms with E-state index in [1.165, 1.54) is 0 Å². The lowest BCUT2D eigenvalue weighted by molar-refractivity contribution is 0.191. The van der Waals surface area contributed by atoms with Crippen molar-refractivity contribution in [2.45, 2.75) is 45.8 Å². The van der Waals surface area contributed by atoms with E-state index in [9.17, 15) is 4.80 Å². The summed E-state index contributed by atoms with van der Waals surface area (Å²) in [7, 11) is -13.2. The summed E-state index contributed by atoms with van der Waals surface area (Å²) in [6.45, 7) is 13.6. The maximum Gasteiger partial charge on any atom is 0.477 e. The Balaban J connectivity index is 2.04. The third-order valence-corrected chi connectivity index (χ3v) is 25.1. The molecule has 0 aliphatic carbocycles. The molecule has 0 heterocycles. The summed E-state index contributed by atoms with van der Waals surface area (Å²) < 4.78 is 32.1. The molecule has 11 heteroatoms. The molecule has 200 valence electrons. The second-order valence-electron chi connectivity index (χ2n) is 10.4. The fraction of sp³-hybridized carbons (Fsp3) is 0.308. The number of hydrogen-bond acceptors (Lipinski definition) is 6. The molecule has 0 saturated carbocycles. The van der Waals surface area contributed by atoms with Crippen molar-refractivity contribution in [1.82, 2.24) is 0 Å². The lowest BCUT2D eigenvalue weighted by Gasteiger charge is -2.43. The summed E-state index contributed by atoms with van der Waals surface area (Å²) in [4.78, 5) is 11.2. The first kappa shape index (κ1) is 30.1. The van der Waals surface area contributed by atoms with Crippen LogP contribution in [0.5, 0.6) is 0 Å². The van der Waals surface area contributed by atoms with Crippen LogP contribution in [0.2, 0.25) is 45.8 Å². The Morgan fingerprint density at radius 3 is 1.27 bits per heavy atom. The maximum absolute atomic E-state index is 11.2. The molecular weight excluding hydrogens is 549 g/mol. The van der Waals surface area contributed by atoms with Gasteiger partial charge in [-0.3, -0.25) is 0 Å². The van der Waals surface area contributed by atoms with Gasteiger partial charge in [0.25, 0.3) is 0 Å². The summed E-state index contributed by atoms with van der Waals surface area (Å²) in [5.74, 6) is 0. The van der Waals surface area contributed by atoms with Crippen molar-refractivity contribution in [2.24, 2.45) is 0 Å². The molecule has 6 nitrogen and oxygen atoms in total. The van der Waals surface area contributed by atoms with E-state index in [0.29, 0.717) is 0 Å². The molecule has 0 saturated heterocycles. The van der Waals surface area contributed by atoms with Crippen LogP contribution in [0.4, 0.5) is 0 Å². The van der Waals surface area contributed by atoms with Gasteiger partial charge in [0, 0.05) is 13.7 Å². The summed E-state index contributed by atoms with van der Waals surface area (Å²) in [5, 5.41) is 3.34. The average Bonchev–Trinajstić information content (AvgIpc) is 2.83. The standard InChI is InChI=1S/C26H40O6Si5/c1-28-33(2,3)30-37(8,27)31-34(4,5)29-36(7,26-22-16-11-17-23-26)32-35(6,24-18-12-9-13-19-24)25-20-14-10-15-21-25/h9-23,27H,1-8H3. The van der Waals surface area contributed by atoms with Crippen LogP contribution < -0.4 is 15.6 Å². The summed E-state index contributed by atoms with van der Waals surface area (Å²) in [5.41, 5.74) is 0. The van der Waals surface area contributed by atoms with Crippen LogP contribution in [0.15, 0.2) is 91.0 Å². The second-order valence-corrected chi connectivity index (χ2v) is 27.1. The Morgan fingerprint density at radius 2 is 0.865 bits per heavy atom. The molecule has 3 aromatic rings. The predicted molar refractivity (Wildman–Crippen MR) is 162 cm³/mol. The Morgan fingerprint density at radius 1 is 0.486 bits per heavy atom. The van der Waals surface area contributed by atoms with Gasteiger partial charge in [-0.2, -0.15) is 0 Å². The van der Waals surface area contributed by atoms with E-state index in [0.717, 1.165) is 15.6 Å². The summed E-state index contributed by atoms with van der Waals surface area (Å²) in [6.07, 6.45) is 0. The molecule has 0 aromatic heterocycles. The van der Waals surface area contributed by atoms with E-state index in [-0.39, 0.29) is 0 Å². The van der Waals surface area contributed by atoms with E-state index in [1.54, 1.807) is 13.7 Å². The maximum atomic E-state index is 11.2. The van der Waals surface area contributed by atoms with Crippen LogP contribution in [-0.4, -0.2) is 54.7 Å². The van der Waals surface area contributed by atoms with E-state index in [4.69, 9.17) is 20.9 Å². The molecule has 0 spiro atoms. The SMILES string of the molecule is CO[Si](C)(C)O[Si](C)(O)O[Si](C)(C)O[Si](C)(O[Si](C)(c1ccccc1)c1ccccc1)c1ccccc1. The Kier molecular flexibility index (Phi) is 9.51. The van der Waals surface area contributed by atoms with Gasteiger partial charge in [-0.25, -0.2) is 0 Å². The normalized spacial score (nSPS) is 16.1. The molecule has 1 N–H and O–H groups in total. The molecule has 3 aromatic carbocycles. The van der Waals surface area contributed by atoms with Gasteiger partial charge in [-0.05, 0) is 54.8 Å². The highest BCUT2D eigenvalue weighted by Gasteiger charge is 2.52.